The van der Waals surface area contributed by atoms with Crippen molar-refractivity contribution in [1.82, 2.24) is 0 Å². The second-order valence-electron chi connectivity index (χ2n) is 4.25. The SMILES string of the molecule is COc1ccc(N)c(C(=O)Cc2c(Cl)cccc2Cl)c1. The summed E-state index contributed by atoms with van der Waals surface area (Å²) in [6.45, 7) is 0. The normalized spacial score (nSPS) is 10.3. The topological polar surface area (TPSA) is 52.3 Å². The Morgan fingerprint density at radius 3 is 2.45 bits per heavy atom. The first-order valence-corrected chi connectivity index (χ1v) is 6.68. The fourth-order valence-corrected chi connectivity index (χ4v) is 2.39. The molecule has 0 saturated carbocycles. The maximum Gasteiger partial charge on any atom is 0.169 e. The smallest absolute Gasteiger partial charge is 0.169 e. The van der Waals surface area contributed by atoms with Crippen LogP contribution in [0.2, 0.25) is 10.0 Å². The quantitative estimate of drug-likeness (QED) is 0.686. The predicted octanol–water partition coefficient (Wildman–Crippen LogP) is 4.01. The Bertz CT molecular complexity index is 636. The lowest BCUT2D eigenvalue weighted by atomic mass is 10.0. The lowest BCUT2D eigenvalue weighted by molar-refractivity contribution is 0.0993. The second kappa shape index (κ2) is 6.16. The van der Waals surface area contributed by atoms with E-state index in [4.69, 9.17) is 33.7 Å². The fourth-order valence-electron chi connectivity index (χ4n) is 1.86. The van der Waals surface area contributed by atoms with Crippen LogP contribution in [0.4, 0.5) is 5.69 Å². The first-order chi connectivity index (χ1) is 9.52. The molecule has 0 unspecified atom stereocenters. The minimum Gasteiger partial charge on any atom is -0.497 e. The Morgan fingerprint density at radius 1 is 1.20 bits per heavy atom. The van der Waals surface area contributed by atoms with Gasteiger partial charge in [-0.25, -0.2) is 0 Å². The van der Waals surface area contributed by atoms with Crippen LogP contribution in [0.15, 0.2) is 36.4 Å². The number of carbonyl (C=O) groups is 1. The Balaban J connectivity index is 2.33. The summed E-state index contributed by atoms with van der Waals surface area (Å²) in [7, 11) is 1.53. The summed E-state index contributed by atoms with van der Waals surface area (Å²) in [5.74, 6) is 0.421. The molecule has 3 nitrogen and oxygen atoms in total. The molecule has 20 heavy (non-hydrogen) atoms. The zero-order chi connectivity index (χ0) is 14.7. The largest absolute Gasteiger partial charge is 0.497 e. The minimum absolute atomic E-state index is 0.0931. The monoisotopic (exact) mass is 309 g/mol. The Hall–Kier alpha value is -1.71. The van der Waals surface area contributed by atoms with Gasteiger partial charge in [0.25, 0.3) is 0 Å². The molecule has 2 aromatic rings. The highest BCUT2D eigenvalue weighted by Gasteiger charge is 2.15. The summed E-state index contributed by atoms with van der Waals surface area (Å²) < 4.78 is 5.10. The molecule has 104 valence electrons. The number of nitrogen functional groups attached to an aromatic ring is 1. The van der Waals surface area contributed by atoms with Crippen LogP contribution in [0.3, 0.4) is 0 Å². The highest BCUT2D eigenvalue weighted by molar-refractivity contribution is 6.36. The van der Waals surface area contributed by atoms with E-state index in [1.54, 1.807) is 36.4 Å². The highest BCUT2D eigenvalue weighted by atomic mass is 35.5. The van der Waals surface area contributed by atoms with Crippen molar-refractivity contribution in [3.05, 3.63) is 57.6 Å². The number of methoxy groups -OCH3 is 1. The molecular weight excluding hydrogens is 297 g/mol. The molecule has 0 aliphatic carbocycles. The number of nitrogens with two attached hydrogens (primary N) is 1. The molecule has 5 heteroatoms. The number of Topliss-reactive ketones (excluding diaryl/α,β-unsaturated/α-hetero) is 1. The fraction of sp³-hybridized carbons (Fsp3) is 0.133. The van der Waals surface area contributed by atoms with Crippen molar-refractivity contribution in [3.8, 4) is 5.75 Å². The van der Waals surface area contributed by atoms with Crippen LogP contribution in [-0.2, 0) is 6.42 Å². The minimum atomic E-state index is -0.156. The lowest BCUT2D eigenvalue weighted by Crippen LogP contribution is -2.08. The van der Waals surface area contributed by atoms with Gasteiger partial charge < -0.3 is 10.5 Å². The van der Waals surface area contributed by atoms with Gasteiger partial charge in [-0.1, -0.05) is 29.3 Å². The highest BCUT2D eigenvalue weighted by Crippen LogP contribution is 2.27. The van der Waals surface area contributed by atoms with Crippen LogP contribution in [0, 0.1) is 0 Å². The van der Waals surface area contributed by atoms with E-state index in [1.165, 1.54) is 7.11 Å². The Morgan fingerprint density at radius 2 is 1.85 bits per heavy atom. The van der Waals surface area contributed by atoms with Crippen molar-refractivity contribution in [2.45, 2.75) is 6.42 Å². The number of rotatable bonds is 4. The molecular formula is C15H13Cl2NO2. The van der Waals surface area contributed by atoms with E-state index in [-0.39, 0.29) is 12.2 Å². The van der Waals surface area contributed by atoms with Gasteiger partial charge in [0.15, 0.2) is 5.78 Å². The van der Waals surface area contributed by atoms with E-state index < -0.39 is 0 Å². The first kappa shape index (κ1) is 14.7. The van der Waals surface area contributed by atoms with E-state index >= 15 is 0 Å². The van der Waals surface area contributed by atoms with Crippen molar-refractivity contribution < 1.29 is 9.53 Å². The van der Waals surface area contributed by atoms with Gasteiger partial charge in [0.05, 0.1) is 7.11 Å². The van der Waals surface area contributed by atoms with E-state index in [0.717, 1.165) is 0 Å². The molecule has 0 heterocycles. The van der Waals surface area contributed by atoms with Gasteiger partial charge in [0, 0.05) is 27.7 Å². The van der Waals surface area contributed by atoms with Gasteiger partial charge in [-0.15, -0.1) is 0 Å². The molecule has 2 N–H and O–H groups in total. The average molecular weight is 310 g/mol. The van der Waals surface area contributed by atoms with Gasteiger partial charge in [0.2, 0.25) is 0 Å². The number of hydrogen-bond donors (Lipinski definition) is 1. The van der Waals surface area contributed by atoms with Crippen LogP contribution in [0.1, 0.15) is 15.9 Å². The summed E-state index contributed by atoms with van der Waals surface area (Å²) in [4.78, 5) is 12.4. The number of carbonyl (C=O) groups excluding carboxylic acids is 1. The number of hydrogen-bond acceptors (Lipinski definition) is 3. The summed E-state index contributed by atoms with van der Waals surface area (Å²) in [5, 5.41) is 0.930. The van der Waals surface area contributed by atoms with Gasteiger partial charge >= 0.3 is 0 Å². The average Bonchev–Trinajstić information content (AvgIpc) is 2.43. The third-order valence-corrected chi connectivity index (χ3v) is 3.67. The van der Waals surface area contributed by atoms with E-state index in [2.05, 4.69) is 0 Å². The predicted molar refractivity (Wildman–Crippen MR) is 81.9 cm³/mol. The molecule has 0 radical (unpaired) electrons. The van der Waals surface area contributed by atoms with Crippen LogP contribution in [-0.4, -0.2) is 12.9 Å². The Labute approximate surface area is 127 Å². The molecule has 2 rings (SSSR count). The van der Waals surface area contributed by atoms with Crippen LogP contribution in [0.5, 0.6) is 5.75 Å². The van der Waals surface area contributed by atoms with Gasteiger partial charge in [-0.3, -0.25) is 4.79 Å². The Kier molecular flexibility index (Phi) is 4.53. The summed E-state index contributed by atoms with van der Waals surface area (Å²) >= 11 is 12.1. The molecule has 0 fully saturated rings. The van der Waals surface area contributed by atoms with E-state index in [9.17, 15) is 4.79 Å². The molecule has 0 atom stereocenters. The van der Waals surface area contributed by atoms with Crippen molar-refractivity contribution in [2.75, 3.05) is 12.8 Å². The number of ether oxygens (including phenoxy) is 1. The molecule has 2 aromatic carbocycles. The standard InChI is InChI=1S/C15H13Cl2NO2/c1-20-9-5-6-14(18)11(7-9)15(19)8-10-12(16)3-2-4-13(10)17/h2-7H,8,18H2,1H3. The number of halogens is 2. The van der Waals surface area contributed by atoms with Crippen LogP contribution >= 0.6 is 23.2 Å². The molecule has 0 amide bonds. The van der Waals surface area contributed by atoms with Crippen LogP contribution < -0.4 is 10.5 Å². The molecule has 0 aromatic heterocycles. The lowest BCUT2D eigenvalue weighted by Gasteiger charge is -2.09. The van der Waals surface area contributed by atoms with Crippen molar-refractivity contribution in [2.24, 2.45) is 0 Å². The van der Waals surface area contributed by atoms with Crippen molar-refractivity contribution in [3.63, 3.8) is 0 Å². The van der Waals surface area contributed by atoms with Crippen molar-refractivity contribution >= 4 is 34.7 Å². The number of benzene rings is 2. The van der Waals surface area contributed by atoms with E-state index in [0.29, 0.717) is 32.6 Å². The van der Waals surface area contributed by atoms with Crippen LogP contribution in [0.25, 0.3) is 0 Å². The maximum absolute atomic E-state index is 12.4. The van der Waals surface area contributed by atoms with Gasteiger partial charge in [0.1, 0.15) is 5.75 Å². The number of anilines is 1. The summed E-state index contributed by atoms with van der Waals surface area (Å²) in [6, 6.07) is 10.1. The number of ketones is 1. The van der Waals surface area contributed by atoms with Gasteiger partial charge in [-0.05, 0) is 35.9 Å². The molecule has 0 saturated heterocycles. The third kappa shape index (κ3) is 3.06. The van der Waals surface area contributed by atoms with Gasteiger partial charge in [-0.2, -0.15) is 0 Å². The molecule has 0 spiro atoms. The molecule has 0 aliphatic rings. The first-order valence-electron chi connectivity index (χ1n) is 5.92. The molecule has 0 aliphatic heterocycles. The molecule has 0 bridgehead atoms. The van der Waals surface area contributed by atoms with Crippen molar-refractivity contribution in [1.29, 1.82) is 0 Å². The zero-order valence-electron chi connectivity index (χ0n) is 10.8. The van der Waals surface area contributed by atoms with E-state index in [1.807, 2.05) is 0 Å². The second-order valence-corrected chi connectivity index (χ2v) is 5.07. The zero-order valence-corrected chi connectivity index (χ0v) is 12.3. The summed E-state index contributed by atoms with van der Waals surface area (Å²) in [5.41, 5.74) is 7.24. The maximum atomic E-state index is 12.4. The third-order valence-electron chi connectivity index (χ3n) is 2.96. The summed E-state index contributed by atoms with van der Waals surface area (Å²) in [6.07, 6.45) is 0.0931.